The Labute approximate surface area is 357 Å². The highest BCUT2D eigenvalue weighted by Gasteiger charge is 2.48. The number of unbranched alkanes of at least 4 members (excludes halogenated alkanes) is 18. The van der Waals surface area contributed by atoms with Gasteiger partial charge in [-0.05, 0) is 51.4 Å². The number of carbonyl (C=O) groups is 1. The molecule has 59 heavy (non-hydrogen) atoms. The summed E-state index contributed by atoms with van der Waals surface area (Å²) in [5, 5.41) is 30.6. The third-order valence-electron chi connectivity index (χ3n) is 10.2. The lowest BCUT2D eigenvalue weighted by atomic mass is 9.99. The van der Waals surface area contributed by atoms with Gasteiger partial charge in [-0.15, -0.1) is 0 Å². The molecule has 0 amide bonds. The number of aliphatic hydroxyl groups excluding tert-OH is 3. The number of carbonyl (C=O) groups excluding carboxylic acids is 1. The summed E-state index contributed by atoms with van der Waals surface area (Å²) in [7, 11) is -5.06. The average molecular weight is 859 g/mol. The van der Waals surface area contributed by atoms with Crippen molar-refractivity contribution in [2.45, 2.75) is 211 Å². The van der Waals surface area contributed by atoms with Gasteiger partial charge in [0.15, 0.2) is 6.29 Å². The van der Waals surface area contributed by atoms with Crippen LogP contribution in [0, 0.1) is 0 Å². The highest BCUT2D eigenvalue weighted by Crippen LogP contribution is 2.26. The Morgan fingerprint density at radius 2 is 1.17 bits per heavy atom. The van der Waals surface area contributed by atoms with Crippen LogP contribution in [0.5, 0.6) is 0 Å². The molecule has 1 heterocycles. The molecule has 0 aromatic rings. The van der Waals surface area contributed by atoms with Crippen LogP contribution < -0.4 is 0 Å². The molecular weight excluding hydrogens is 777 g/mol. The summed E-state index contributed by atoms with van der Waals surface area (Å²) in [5.41, 5.74) is 0. The van der Waals surface area contributed by atoms with Crippen LogP contribution in [-0.2, 0) is 38.3 Å². The molecule has 1 rings (SSSR count). The summed E-state index contributed by atoms with van der Waals surface area (Å²) in [6.45, 7) is 3.84. The third-order valence-corrected chi connectivity index (χ3v) is 10.7. The summed E-state index contributed by atoms with van der Waals surface area (Å²) in [6.07, 6.45) is 35.7. The van der Waals surface area contributed by atoms with Crippen molar-refractivity contribution in [2.75, 3.05) is 26.4 Å². The minimum absolute atomic E-state index is 0.0291. The van der Waals surface area contributed by atoms with Gasteiger partial charge in [0.1, 0.15) is 30.5 Å². The first-order chi connectivity index (χ1) is 28.6. The molecule has 0 aromatic heterocycles. The van der Waals surface area contributed by atoms with E-state index in [0.29, 0.717) is 13.0 Å². The fourth-order valence-electron chi connectivity index (χ4n) is 6.78. The molecule has 0 radical (unpaired) electrons. The zero-order valence-corrected chi connectivity index (χ0v) is 37.4. The van der Waals surface area contributed by atoms with Crippen molar-refractivity contribution in [2.24, 2.45) is 0 Å². The molecule has 6 unspecified atom stereocenters. The molecule has 1 saturated heterocycles. The zero-order valence-electron chi connectivity index (χ0n) is 36.6. The van der Waals surface area contributed by atoms with Gasteiger partial charge in [-0.3, -0.25) is 9.35 Å². The summed E-state index contributed by atoms with van der Waals surface area (Å²) in [6, 6.07) is 0. The Morgan fingerprint density at radius 1 is 0.661 bits per heavy atom. The van der Waals surface area contributed by atoms with Crippen molar-refractivity contribution in [1.82, 2.24) is 0 Å². The second-order valence-corrected chi connectivity index (χ2v) is 16.7. The van der Waals surface area contributed by atoms with Gasteiger partial charge in [-0.25, -0.2) is 4.18 Å². The standard InChI is InChI=1S/C46H82O12S/c1-3-5-7-9-11-13-15-17-18-19-20-21-22-23-24-26-28-30-32-34-36-54-38-40(56-42(48)35-33-31-29-27-25-16-14-12-10-8-6-4-2)39-55-46-44(50)45(58-59(51,52)53)43(49)41(37-47)57-46/h5,7,11,13,17-18,20-21,40-41,43-47,49-50H,3-4,6,8-10,12,14-16,19,22-39H2,1-2H3,(H,51,52,53)/b7-5-,13-11-,18-17-,21-20-. The minimum atomic E-state index is -5.06. The van der Waals surface area contributed by atoms with Crippen LogP contribution in [0.2, 0.25) is 0 Å². The number of hydrogen-bond donors (Lipinski definition) is 4. The molecule has 0 aliphatic carbocycles. The van der Waals surface area contributed by atoms with Crippen LogP contribution in [0.15, 0.2) is 48.6 Å². The van der Waals surface area contributed by atoms with Crippen molar-refractivity contribution in [3.05, 3.63) is 48.6 Å². The molecule has 1 fully saturated rings. The molecule has 0 saturated carbocycles. The van der Waals surface area contributed by atoms with Crippen LogP contribution >= 0.6 is 0 Å². The zero-order chi connectivity index (χ0) is 43.2. The van der Waals surface area contributed by atoms with E-state index in [0.717, 1.165) is 77.0 Å². The maximum Gasteiger partial charge on any atom is 0.397 e. The van der Waals surface area contributed by atoms with E-state index in [1.807, 2.05) is 0 Å². The molecule has 12 nitrogen and oxygen atoms in total. The van der Waals surface area contributed by atoms with E-state index < -0.39 is 59.8 Å². The van der Waals surface area contributed by atoms with Crippen LogP contribution in [0.1, 0.15) is 174 Å². The predicted molar refractivity (Wildman–Crippen MR) is 234 cm³/mol. The molecule has 1 aliphatic rings. The van der Waals surface area contributed by atoms with E-state index in [1.54, 1.807) is 0 Å². The topological polar surface area (TPSA) is 178 Å². The van der Waals surface area contributed by atoms with Gasteiger partial charge < -0.3 is 34.3 Å². The Kier molecular flexibility index (Phi) is 35.3. The molecule has 4 N–H and O–H groups in total. The third kappa shape index (κ3) is 31.6. The van der Waals surface area contributed by atoms with Gasteiger partial charge in [-0.2, -0.15) is 8.42 Å². The van der Waals surface area contributed by atoms with Gasteiger partial charge in [0, 0.05) is 13.0 Å². The van der Waals surface area contributed by atoms with Crippen LogP contribution in [0.25, 0.3) is 0 Å². The monoisotopic (exact) mass is 859 g/mol. The quantitative estimate of drug-likeness (QED) is 0.0199. The van der Waals surface area contributed by atoms with Crippen molar-refractivity contribution in [1.29, 1.82) is 0 Å². The average Bonchev–Trinajstić information content (AvgIpc) is 3.20. The van der Waals surface area contributed by atoms with Crippen LogP contribution in [0.3, 0.4) is 0 Å². The molecule has 0 spiro atoms. The lowest BCUT2D eigenvalue weighted by molar-refractivity contribution is -0.301. The Hall–Kier alpha value is -1.94. The van der Waals surface area contributed by atoms with Crippen molar-refractivity contribution >= 4 is 16.4 Å². The summed E-state index contributed by atoms with van der Waals surface area (Å²) in [5.74, 6) is -0.405. The first-order valence-corrected chi connectivity index (χ1v) is 24.3. The first-order valence-electron chi connectivity index (χ1n) is 22.9. The van der Waals surface area contributed by atoms with Gasteiger partial charge in [0.2, 0.25) is 0 Å². The van der Waals surface area contributed by atoms with Gasteiger partial charge >= 0.3 is 16.4 Å². The molecule has 6 atom stereocenters. The molecule has 1 aliphatic heterocycles. The van der Waals surface area contributed by atoms with E-state index >= 15 is 0 Å². The number of aliphatic hydroxyl groups is 3. The van der Waals surface area contributed by atoms with Crippen molar-refractivity contribution in [3.8, 4) is 0 Å². The van der Waals surface area contributed by atoms with Crippen LogP contribution in [0.4, 0.5) is 0 Å². The SMILES string of the molecule is CC/C=C\C/C=C\C/C=C\C/C=C\CCCCCCCCCOCC(COC1OC(CO)C(O)C(OS(=O)(=O)O)C1O)OC(=O)CCCCCCCCCCCCCC. The fraction of sp³-hybridized carbons (Fsp3) is 0.804. The van der Waals surface area contributed by atoms with Crippen molar-refractivity contribution in [3.63, 3.8) is 0 Å². The summed E-state index contributed by atoms with van der Waals surface area (Å²) < 4.78 is 59.0. The number of rotatable bonds is 39. The molecule has 0 bridgehead atoms. The van der Waals surface area contributed by atoms with Gasteiger partial charge in [-0.1, -0.05) is 165 Å². The van der Waals surface area contributed by atoms with Crippen LogP contribution in [-0.4, -0.2) is 97.5 Å². The molecule has 344 valence electrons. The number of esters is 1. The fourth-order valence-corrected chi connectivity index (χ4v) is 7.29. The maximum absolute atomic E-state index is 12.8. The summed E-state index contributed by atoms with van der Waals surface area (Å²) >= 11 is 0. The number of ether oxygens (including phenoxy) is 4. The number of hydrogen-bond acceptors (Lipinski definition) is 11. The Bertz CT molecular complexity index is 1220. The van der Waals surface area contributed by atoms with Gasteiger partial charge in [0.05, 0.1) is 19.8 Å². The largest absolute Gasteiger partial charge is 0.457 e. The normalized spacial score (nSPS) is 20.8. The van der Waals surface area contributed by atoms with Crippen molar-refractivity contribution < 1.29 is 56.2 Å². The minimum Gasteiger partial charge on any atom is -0.457 e. The smallest absolute Gasteiger partial charge is 0.397 e. The first kappa shape index (κ1) is 55.1. The van der Waals surface area contributed by atoms with E-state index in [4.69, 9.17) is 23.5 Å². The maximum atomic E-state index is 12.8. The Balaban J connectivity index is 2.41. The molecular formula is C46H82O12S. The molecule has 13 heteroatoms. The van der Waals surface area contributed by atoms with E-state index in [1.165, 1.54) is 70.6 Å². The van der Waals surface area contributed by atoms with E-state index in [-0.39, 0.29) is 19.6 Å². The summed E-state index contributed by atoms with van der Waals surface area (Å²) in [4.78, 5) is 12.8. The highest BCUT2D eigenvalue weighted by molar-refractivity contribution is 7.80. The predicted octanol–water partition coefficient (Wildman–Crippen LogP) is 9.58. The van der Waals surface area contributed by atoms with E-state index in [2.05, 4.69) is 66.6 Å². The van der Waals surface area contributed by atoms with Gasteiger partial charge in [0.25, 0.3) is 0 Å². The lowest BCUT2D eigenvalue weighted by Crippen LogP contribution is -2.60. The second-order valence-electron chi connectivity index (χ2n) is 15.6. The number of allylic oxidation sites excluding steroid dienone is 8. The lowest BCUT2D eigenvalue weighted by Gasteiger charge is -2.41. The molecule has 0 aromatic carbocycles. The van der Waals surface area contributed by atoms with E-state index in [9.17, 15) is 28.5 Å². The Morgan fingerprint density at radius 3 is 1.71 bits per heavy atom. The highest BCUT2D eigenvalue weighted by atomic mass is 32.3. The second kappa shape index (κ2) is 37.8.